The fourth-order valence-corrected chi connectivity index (χ4v) is 2.84. The molecule has 9 heteroatoms. The van der Waals surface area contributed by atoms with Gasteiger partial charge in [0.2, 0.25) is 0 Å². The van der Waals surface area contributed by atoms with Gasteiger partial charge in [0.1, 0.15) is 35.2 Å². The summed E-state index contributed by atoms with van der Waals surface area (Å²) < 4.78 is 15.0. The summed E-state index contributed by atoms with van der Waals surface area (Å²) in [7, 11) is 0. The molecule has 0 aliphatic carbocycles. The minimum absolute atomic E-state index is 0.0175. The van der Waals surface area contributed by atoms with E-state index in [0.29, 0.717) is 29.3 Å². The van der Waals surface area contributed by atoms with Gasteiger partial charge in [-0.25, -0.2) is 19.3 Å². The maximum atomic E-state index is 13.7. The molecule has 0 bridgehead atoms. The van der Waals surface area contributed by atoms with Crippen LogP contribution in [-0.4, -0.2) is 32.1 Å². The van der Waals surface area contributed by atoms with Crippen molar-refractivity contribution in [3.8, 4) is 5.69 Å². The average molecular weight is 390 g/mol. The Morgan fingerprint density at radius 3 is 2.59 bits per heavy atom. The molecule has 0 spiro atoms. The largest absolute Gasteiger partial charge is 0.352 e. The molecule has 0 saturated carbocycles. The number of aromatic nitrogens is 4. The van der Waals surface area contributed by atoms with Gasteiger partial charge >= 0.3 is 0 Å². The zero-order valence-electron chi connectivity index (χ0n) is 15.0. The predicted octanol–water partition coefficient (Wildman–Crippen LogP) is 2.11. The number of hydrogen-bond acceptors (Lipinski definition) is 6. The van der Waals surface area contributed by atoms with Gasteiger partial charge in [0, 0.05) is 6.20 Å². The second-order valence-electron chi connectivity index (χ2n) is 6.03. The third-order valence-electron chi connectivity index (χ3n) is 4.23. The quantitative estimate of drug-likeness (QED) is 0.516. The standard InChI is InChI=1S/C14H9FN2O.C6H6N4O/c15-11-7-4-8-12-13(11)14(18)17(9-16-12)10-5-2-1-3-6-10;11-6-4-1-7-2-8-5(4)9-3-10-6/h1-9H;1-2H,3H2,(H,10,11)(H,7,8,9). The Morgan fingerprint density at radius 1 is 0.966 bits per heavy atom. The van der Waals surface area contributed by atoms with Crippen molar-refractivity contribution in [2.45, 2.75) is 0 Å². The number of amides is 1. The van der Waals surface area contributed by atoms with Crippen LogP contribution in [0.4, 0.5) is 10.2 Å². The number of anilines is 1. The summed E-state index contributed by atoms with van der Waals surface area (Å²) in [6.45, 7) is 0.433. The van der Waals surface area contributed by atoms with Crippen LogP contribution in [0.15, 0.2) is 72.2 Å². The Hall–Kier alpha value is -4.14. The van der Waals surface area contributed by atoms with E-state index in [2.05, 4.69) is 25.6 Å². The lowest BCUT2D eigenvalue weighted by atomic mass is 10.2. The molecule has 1 amide bonds. The number of carbonyl (C=O) groups excluding carboxylic acids is 1. The number of halogens is 1. The summed E-state index contributed by atoms with van der Waals surface area (Å²) in [6.07, 6.45) is 4.31. The Kier molecular flexibility index (Phi) is 4.93. The Labute approximate surface area is 164 Å². The molecule has 0 unspecified atom stereocenters. The first-order valence-corrected chi connectivity index (χ1v) is 8.68. The summed E-state index contributed by atoms with van der Waals surface area (Å²) in [5.41, 5.74) is 1.13. The van der Waals surface area contributed by atoms with E-state index in [1.165, 1.54) is 35.6 Å². The average Bonchev–Trinajstić information content (AvgIpc) is 2.76. The first-order chi connectivity index (χ1) is 14.1. The molecule has 0 radical (unpaired) electrons. The molecule has 1 aliphatic rings. The van der Waals surface area contributed by atoms with Crippen molar-refractivity contribution < 1.29 is 9.18 Å². The van der Waals surface area contributed by atoms with E-state index in [9.17, 15) is 14.0 Å². The van der Waals surface area contributed by atoms with Crippen LogP contribution in [0, 0.1) is 5.82 Å². The molecule has 0 atom stereocenters. The molecule has 1 aliphatic heterocycles. The zero-order chi connectivity index (χ0) is 20.2. The van der Waals surface area contributed by atoms with Gasteiger partial charge in [-0.15, -0.1) is 0 Å². The molecule has 144 valence electrons. The van der Waals surface area contributed by atoms with E-state index in [0.717, 1.165) is 0 Å². The molecule has 3 heterocycles. The monoisotopic (exact) mass is 390 g/mol. The summed E-state index contributed by atoms with van der Waals surface area (Å²) in [5.74, 6) is -0.0709. The van der Waals surface area contributed by atoms with Gasteiger partial charge in [-0.05, 0) is 24.3 Å². The lowest BCUT2D eigenvalue weighted by Gasteiger charge is -2.15. The highest BCUT2D eigenvalue weighted by Gasteiger charge is 2.16. The van der Waals surface area contributed by atoms with Gasteiger partial charge in [0.15, 0.2) is 0 Å². The normalized spacial score (nSPS) is 12.2. The molecular weight excluding hydrogens is 375 g/mol. The third kappa shape index (κ3) is 3.65. The third-order valence-corrected chi connectivity index (χ3v) is 4.23. The molecule has 2 aromatic heterocycles. The van der Waals surface area contributed by atoms with E-state index in [4.69, 9.17) is 0 Å². The Balaban J connectivity index is 0.000000159. The van der Waals surface area contributed by atoms with Crippen molar-refractivity contribution in [3.63, 3.8) is 0 Å². The summed E-state index contributed by atoms with van der Waals surface area (Å²) in [5, 5.41) is 5.54. The highest BCUT2D eigenvalue weighted by Crippen LogP contribution is 2.13. The number of fused-ring (bicyclic) bond motifs is 2. The molecule has 8 nitrogen and oxygen atoms in total. The highest BCUT2D eigenvalue weighted by molar-refractivity contribution is 5.99. The van der Waals surface area contributed by atoms with Crippen LogP contribution >= 0.6 is 0 Å². The highest BCUT2D eigenvalue weighted by atomic mass is 19.1. The van der Waals surface area contributed by atoms with Crippen LogP contribution in [0.2, 0.25) is 0 Å². The van der Waals surface area contributed by atoms with Gasteiger partial charge in [0.25, 0.3) is 11.5 Å². The van der Waals surface area contributed by atoms with Crippen molar-refractivity contribution >= 4 is 22.6 Å². The smallest absolute Gasteiger partial charge is 0.268 e. The maximum Gasteiger partial charge on any atom is 0.268 e. The van der Waals surface area contributed by atoms with E-state index >= 15 is 0 Å². The number of benzene rings is 2. The lowest BCUT2D eigenvalue weighted by Crippen LogP contribution is -2.35. The molecule has 0 saturated heterocycles. The van der Waals surface area contributed by atoms with E-state index in [1.54, 1.807) is 18.2 Å². The lowest BCUT2D eigenvalue weighted by molar-refractivity contribution is 0.0952. The minimum atomic E-state index is -0.546. The number of nitrogens with zero attached hydrogens (tertiary/aromatic N) is 4. The fraction of sp³-hybridized carbons (Fsp3) is 0.0500. The maximum absolute atomic E-state index is 13.7. The van der Waals surface area contributed by atoms with Crippen LogP contribution in [0.3, 0.4) is 0 Å². The van der Waals surface area contributed by atoms with Crippen molar-refractivity contribution in [1.29, 1.82) is 0 Å². The number of rotatable bonds is 1. The molecule has 5 rings (SSSR count). The van der Waals surface area contributed by atoms with Crippen molar-refractivity contribution in [3.05, 3.63) is 89.1 Å². The molecule has 0 fully saturated rings. The first kappa shape index (κ1) is 18.2. The van der Waals surface area contributed by atoms with E-state index in [1.807, 2.05) is 18.2 Å². The van der Waals surface area contributed by atoms with Gasteiger partial charge in [0.05, 0.1) is 17.9 Å². The summed E-state index contributed by atoms with van der Waals surface area (Å²) >= 11 is 0. The van der Waals surface area contributed by atoms with Crippen LogP contribution in [0.25, 0.3) is 16.6 Å². The SMILES string of the molecule is O=C1NCNc2ncncc21.O=c1c2c(F)cccc2ncn1-c1ccccc1. The molecule has 29 heavy (non-hydrogen) atoms. The number of nitrogens with one attached hydrogen (secondary N) is 2. The van der Waals surface area contributed by atoms with Gasteiger partial charge in [-0.2, -0.15) is 0 Å². The zero-order valence-corrected chi connectivity index (χ0v) is 15.0. The summed E-state index contributed by atoms with van der Waals surface area (Å²) in [4.78, 5) is 35.0. The van der Waals surface area contributed by atoms with Crippen LogP contribution in [0.5, 0.6) is 0 Å². The molecular formula is C20H15FN6O2. The second-order valence-corrected chi connectivity index (χ2v) is 6.03. The van der Waals surface area contributed by atoms with Gasteiger partial charge in [-0.3, -0.25) is 14.2 Å². The fourth-order valence-electron chi connectivity index (χ4n) is 2.84. The second kappa shape index (κ2) is 7.85. The van der Waals surface area contributed by atoms with Crippen molar-refractivity contribution in [2.24, 2.45) is 0 Å². The van der Waals surface area contributed by atoms with Gasteiger partial charge < -0.3 is 10.6 Å². The van der Waals surface area contributed by atoms with Crippen LogP contribution < -0.4 is 16.2 Å². The Morgan fingerprint density at radius 2 is 1.79 bits per heavy atom. The van der Waals surface area contributed by atoms with E-state index < -0.39 is 11.4 Å². The molecule has 2 N–H and O–H groups in total. The number of para-hydroxylation sites is 1. The first-order valence-electron chi connectivity index (χ1n) is 8.68. The number of carbonyl (C=O) groups is 1. The van der Waals surface area contributed by atoms with Crippen molar-refractivity contribution in [1.82, 2.24) is 24.8 Å². The molecule has 4 aromatic rings. The van der Waals surface area contributed by atoms with Crippen molar-refractivity contribution in [2.75, 3.05) is 12.0 Å². The van der Waals surface area contributed by atoms with Crippen LogP contribution in [-0.2, 0) is 0 Å². The predicted molar refractivity (Wildman–Crippen MR) is 105 cm³/mol. The summed E-state index contributed by atoms with van der Waals surface area (Å²) in [6, 6.07) is 13.4. The van der Waals surface area contributed by atoms with E-state index in [-0.39, 0.29) is 11.3 Å². The topological polar surface area (TPSA) is 102 Å². The molecule has 2 aromatic carbocycles. The Bertz CT molecular complexity index is 1240. The van der Waals surface area contributed by atoms with Crippen LogP contribution in [0.1, 0.15) is 10.4 Å². The minimum Gasteiger partial charge on any atom is -0.352 e. The number of hydrogen-bond donors (Lipinski definition) is 2. The van der Waals surface area contributed by atoms with Gasteiger partial charge in [-0.1, -0.05) is 24.3 Å².